The van der Waals surface area contributed by atoms with Crippen LogP contribution in [0.15, 0.2) is 42.5 Å². The Bertz CT molecular complexity index is 1210. The van der Waals surface area contributed by atoms with Gasteiger partial charge in [-0.05, 0) is 57.5 Å². The first-order valence-electron chi connectivity index (χ1n) is 10.8. The Hall–Kier alpha value is -3.03. The third-order valence-corrected chi connectivity index (χ3v) is 5.40. The van der Waals surface area contributed by atoms with E-state index in [-0.39, 0.29) is 18.7 Å². The third kappa shape index (κ3) is 6.30. The number of H-pyrrole nitrogens is 1. The number of aromatic nitrogens is 1. The minimum atomic E-state index is -1.16. The van der Waals surface area contributed by atoms with Crippen LogP contribution in [0, 0.1) is 0 Å². The molecular formula is C25H27Cl2N3O4. The van der Waals surface area contributed by atoms with Crippen LogP contribution in [0.25, 0.3) is 10.9 Å². The first-order chi connectivity index (χ1) is 16.0. The lowest BCUT2D eigenvalue weighted by atomic mass is 9.99. The molecule has 0 radical (unpaired) electrons. The lowest BCUT2D eigenvalue weighted by molar-refractivity contribution is -0.129. The molecule has 1 atom stereocenters. The number of halogens is 2. The van der Waals surface area contributed by atoms with Crippen LogP contribution in [0.5, 0.6) is 0 Å². The summed E-state index contributed by atoms with van der Waals surface area (Å²) in [6.45, 7) is 7.33. The highest BCUT2D eigenvalue weighted by molar-refractivity contribution is 6.31. The Morgan fingerprint density at radius 3 is 2.29 bits per heavy atom. The molecule has 0 bridgehead atoms. The van der Waals surface area contributed by atoms with Crippen LogP contribution in [0.2, 0.25) is 10.0 Å². The summed E-state index contributed by atoms with van der Waals surface area (Å²) in [7, 11) is 0. The molecule has 0 spiro atoms. The van der Waals surface area contributed by atoms with Crippen LogP contribution >= 0.6 is 23.2 Å². The van der Waals surface area contributed by atoms with Gasteiger partial charge >= 0.3 is 5.97 Å². The van der Waals surface area contributed by atoms with Gasteiger partial charge in [-0.3, -0.25) is 9.59 Å². The van der Waals surface area contributed by atoms with Crippen molar-refractivity contribution >= 4 is 51.9 Å². The van der Waals surface area contributed by atoms with Gasteiger partial charge < -0.3 is 20.4 Å². The van der Waals surface area contributed by atoms with Crippen molar-refractivity contribution < 1.29 is 19.1 Å². The van der Waals surface area contributed by atoms with Crippen molar-refractivity contribution in [1.82, 2.24) is 15.6 Å². The van der Waals surface area contributed by atoms with Crippen molar-refractivity contribution in [2.45, 2.75) is 45.7 Å². The number of esters is 1. The highest BCUT2D eigenvalue weighted by Crippen LogP contribution is 2.31. The molecule has 0 saturated heterocycles. The molecule has 0 aliphatic carbocycles. The molecule has 1 aromatic heterocycles. The monoisotopic (exact) mass is 503 g/mol. The number of hydrogen-bond acceptors (Lipinski definition) is 4. The van der Waals surface area contributed by atoms with Crippen LogP contribution < -0.4 is 10.6 Å². The maximum atomic E-state index is 13.4. The second kappa shape index (κ2) is 10.5. The number of carbonyl (C=O) groups excluding carboxylic acids is 3. The van der Waals surface area contributed by atoms with Crippen molar-refractivity contribution in [3.05, 3.63) is 69.3 Å². The minimum Gasteiger partial charge on any atom is -0.461 e. The summed E-state index contributed by atoms with van der Waals surface area (Å²) < 4.78 is 5.21. The van der Waals surface area contributed by atoms with Gasteiger partial charge in [-0.1, -0.05) is 41.4 Å². The molecule has 3 aromatic rings. The van der Waals surface area contributed by atoms with Gasteiger partial charge in [0.25, 0.3) is 0 Å². The molecule has 180 valence electrons. The summed E-state index contributed by atoms with van der Waals surface area (Å²) in [6.07, 6.45) is 0.0272. The zero-order chi connectivity index (χ0) is 25.0. The molecule has 1 unspecified atom stereocenters. The topological polar surface area (TPSA) is 100 Å². The lowest BCUT2D eigenvalue weighted by Gasteiger charge is -2.26. The molecule has 7 nitrogen and oxygen atoms in total. The van der Waals surface area contributed by atoms with Crippen LogP contribution in [-0.4, -0.2) is 34.9 Å². The predicted octanol–water partition coefficient (Wildman–Crippen LogP) is 4.97. The van der Waals surface area contributed by atoms with E-state index in [0.29, 0.717) is 26.5 Å². The number of benzene rings is 2. The van der Waals surface area contributed by atoms with Crippen LogP contribution in [0.1, 0.15) is 55.4 Å². The second-order valence-corrected chi connectivity index (χ2v) is 9.74. The van der Waals surface area contributed by atoms with Crippen molar-refractivity contribution in [2.75, 3.05) is 6.61 Å². The van der Waals surface area contributed by atoms with E-state index in [1.54, 1.807) is 49.4 Å². The van der Waals surface area contributed by atoms with Gasteiger partial charge in [-0.25, -0.2) is 4.79 Å². The average Bonchev–Trinajstić information content (AvgIpc) is 3.11. The molecule has 2 aromatic carbocycles. The Morgan fingerprint density at radius 1 is 1.03 bits per heavy atom. The minimum absolute atomic E-state index is 0.0272. The van der Waals surface area contributed by atoms with Crippen molar-refractivity contribution in [3.63, 3.8) is 0 Å². The summed E-state index contributed by atoms with van der Waals surface area (Å²) in [5.74, 6) is -1.49. The van der Waals surface area contributed by atoms with E-state index in [4.69, 9.17) is 27.9 Å². The number of nitrogens with one attached hydrogen (secondary N) is 3. The maximum absolute atomic E-state index is 13.4. The third-order valence-electron chi connectivity index (χ3n) is 4.91. The number of amides is 2. The summed E-state index contributed by atoms with van der Waals surface area (Å²) in [4.78, 5) is 42.2. The number of ether oxygens (including phenoxy) is 1. The van der Waals surface area contributed by atoms with E-state index in [1.165, 1.54) is 0 Å². The number of fused-ring (bicyclic) bond motifs is 1. The molecule has 0 aliphatic rings. The van der Waals surface area contributed by atoms with Gasteiger partial charge in [0.1, 0.15) is 11.7 Å². The van der Waals surface area contributed by atoms with E-state index in [1.807, 2.05) is 20.8 Å². The molecule has 3 N–H and O–H groups in total. The SMILES string of the molecule is CCOC(=O)c1[nH]c2cc(Cl)ccc2c1C(NC(=O)Cc1ccc(Cl)cc1)C(=O)NC(C)(C)C. The molecule has 0 fully saturated rings. The fraction of sp³-hybridized carbons (Fsp3) is 0.320. The zero-order valence-corrected chi connectivity index (χ0v) is 20.9. The maximum Gasteiger partial charge on any atom is 0.355 e. The molecule has 9 heteroatoms. The first kappa shape index (κ1) is 25.6. The average molecular weight is 504 g/mol. The van der Waals surface area contributed by atoms with E-state index >= 15 is 0 Å². The fourth-order valence-electron chi connectivity index (χ4n) is 3.57. The molecule has 1 heterocycles. The summed E-state index contributed by atoms with van der Waals surface area (Å²) in [6, 6.07) is 10.7. The highest BCUT2D eigenvalue weighted by atomic mass is 35.5. The Balaban J connectivity index is 2.07. The Morgan fingerprint density at radius 2 is 1.68 bits per heavy atom. The molecule has 2 amide bonds. The Labute approximate surface area is 208 Å². The molecule has 34 heavy (non-hydrogen) atoms. The smallest absolute Gasteiger partial charge is 0.355 e. The second-order valence-electron chi connectivity index (χ2n) is 8.87. The van der Waals surface area contributed by atoms with Gasteiger partial charge in [0, 0.05) is 32.1 Å². The van der Waals surface area contributed by atoms with Gasteiger partial charge in [0.05, 0.1) is 13.0 Å². The number of hydrogen-bond donors (Lipinski definition) is 3. The first-order valence-corrected chi connectivity index (χ1v) is 11.6. The van der Waals surface area contributed by atoms with Crippen molar-refractivity contribution in [3.8, 4) is 0 Å². The lowest BCUT2D eigenvalue weighted by Crippen LogP contribution is -2.48. The number of carbonyl (C=O) groups is 3. The van der Waals surface area contributed by atoms with Crippen LogP contribution in [0.4, 0.5) is 0 Å². The van der Waals surface area contributed by atoms with Gasteiger partial charge in [-0.15, -0.1) is 0 Å². The molecule has 0 aliphatic heterocycles. The quantitative estimate of drug-likeness (QED) is 0.396. The van der Waals surface area contributed by atoms with Crippen LogP contribution in [0.3, 0.4) is 0 Å². The standard InChI is InChI=1S/C25H27Cl2N3O4/c1-5-34-24(33)22-20(17-11-10-16(27)13-18(17)28-22)21(23(32)30-25(2,3)4)29-19(31)12-14-6-8-15(26)9-7-14/h6-11,13,21,28H,5,12H2,1-4H3,(H,29,31)(H,30,32). The highest BCUT2D eigenvalue weighted by Gasteiger charge is 2.33. The fourth-order valence-corrected chi connectivity index (χ4v) is 3.86. The molecular weight excluding hydrogens is 477 g/mol. The van der Waals surface area contributed by atoms with Gasteiger partial charge in [0.2, 0.25) is 11.8 Å². The summed E-state index contributed by atoms with van der Waals surface area (Å²) in [5.41, 5.74) is 1.10. The van der Waals surface area contributed by atoms with Gasteiger partial charge in [-0.2, -0.15) is 0 Å². The zero-order valence-electron chi connectivity index (χ0n) is 19.4. The van der Waals surface area contributed by atoms with Crippen LogP contribution in [-0.2, 0) is 20.7 Å². The van der Waals surface area contributed by atoms with Gasteiger partial charge in [0.15, 0.2) is 0 Å². The Kier molecular flexibility index (Phi) is 7.89. The van der Waals surface area contributed by atoms with E-state index < -0.39 is 29.4 Å². The van der Waals surface area contributed by atoms with E-state index in [9.17, 15) is 14.4 Å². The van der Waals surface area contributed by atoms with Crippen molar-refractivity contribution in [2.24, 2.45) is 0 Å². The van der Waals surface area contributed by atoms with E-state index in [2.05, 4.69) is 15.6 Å². The molecule has 0 saturated carbocycles. The van der Waals surface area contributed by atoms with Crippen molar-refractivity contribution in [1.29, 1.82) is 0 Å². The number of aromatic amines is 1. The largest absolute Gasteiger partial charge is 0.461 e. The molecule has 3 rings (SSSR count). The normalized spacial score (nSPS) is 12.3. The summed E-state index contributed by atoms with van der Waals surface area (Å²) >= 11 is 12.1. The van der Waals surface area contributed by atoms with E-state index in [0.717, 1.165) is 5.56 Å². The predicted molar refractivity (Wildman–Crippen MR) is 133 cm³/mol. The number of rotatable bonds is 7. The summed E-state index contributed by atoms with van der Waals surface area (Å²) in [5, 5.41) is 7.29.